The molecule has 0 aliphatic carbocycles. The molecule has 122 valence electrons. The Hall–Kier alpha value is -1.31. The number of aromatic nitrogens is 2. The summed E-state index contributed by atoms with van der Waals surface area (Å²) in [5.41, 5.74) is 2.39. The molecule has 0 bridgehead atoms. The number of aryl methyl sites for hydroxylation is 1. The van der Waals surface area contributed by atoms with Crippen LogP contribution >= 0.6 is 0 Å². The second-order valence-electron chi connectivity index (χ2n) is 6.46. The zero-order chi connectivity index (χ0) is 15.5. The molecule has 1 heterocycles. The van der Waals surface area contributed by atoms with E-state index in [1.165, 1.54) is 76.1 Å². The van der Waals surface area contributed by atoms with Gasteiger partial charge in [-0.05, 0) is 18.6 Å². The van der Waals surface area contributed by atoms with Crippen molar-refractivity contribution in [3.05, 3.63) is 30.6 Å². The molecular weight excluding hydrogens is 268 g/mol. The predicted octanol–water partition coefficient (Wildman–Crippen LogP) is 6.35. The Morgan fingerprint density at radius 2 is 1.36 bits per heavy atom. The van der Waals surface area contributed by atoms with Gasteiger partial charge in [0.2, 0.25) is 0 Å². The molecule has 0 N–H and O–H groups in total. The van der Waals surface area contributed by atoms with Crippen LogP contribution in [0.15, 0.2) is 30.6 Å². The second kappa shape index (κ2) is 10.4. The second-order valence-corrected chi connectivity index (χ2v) is 6.46. The van der Waals surface area contributed by atoms with Crippen LogP contribution in [0.4, 0.5) is 0 Å². The summed E-state index contributed by atoms with van der Waals surface area (Å²) in [6.07, 6.45) is 17.4. The van der Waals surface area contributed by atoms with Gasteiger partial charge in [-0.1, -0.05) is 83.3 Å². The number of benzene rings is 1. The first-order valence-corrected chi connectivity index (χ1v) is 9.31. The van der Waals surface area contributed by atoms with E-state index in [-0.39, 0.29) is 0 Å². The number of imidazole rings is 1. The molecule has 0 unspecified atom stereocenters. The van der Waals surface area contributed by atoms with Gasteiger partial charge in [-0.3, -0.25) is 0 Å². The van der Waals surface area contributed by atoms with Crippen molar-refractivity contribution in [3.63, 3.8) is 0 Å². The highest BCUT2D eigenvalue weighted by atomic mass is 15.0. The smallest absolute Gasteiger partial charge is 0.0958 e. The van der Waals surface area contributed by atoms with E-state index in [2.05, 4.69) is 40.7 Å². The van der Waals surface area contributed by atoms with Gasteiger partial charge in [-0.2, -0.15) is 0 Å². The average molecular weight is 300 g/mol. The van der Waals surface area contributed by atoms with Crippen LogP contribution in [0.25, 0.3) is 11.0 Å². The first-order valence-electron chi connectivity index (χ1n) is 9.31. The fraction of sp³-hybridized carbons (Fsp3) is 0.650. The molecule has 1 aromatic carbocycles. The maximum Gasteiger partial charge on any atom is 0.0958 e. The van der Waals surface area contributed by atoms with Crippen molar-refractivity contribution >= 4 is 11.0 Å². The summed E-state index contributed by atoms with van der Waals surface area (Å²) < 4.78 is 2.29. The van der Waals surface area contributed by atoms with Gasteiger partial charge in [0.05, 0.1) is 17.4 Å². The van der Waals surface area contributed by atoms with E-state index in [0.29, 0.717) is 0 Å². The third-order valence-electron chi connectivity index (χ3n) is 4.53. The highest BCUT2D eigenvalue weighted by molar-refractivity contribution is 5.74. The van der Waals surface area contributed by atoms with Crippen LogP contribution in [0.3, 0.4) is 0 Å². The largest absolute Gasteiger partial charge is 0.331 e. The Balaban J connectivity index is 1.48. The summed E-state index contributed by atoms with van der Waals surface area (Å²) in [7, 11) is 0. The van der Waals surface area contributed by atoms with Crippen molar-refractivity contribution < 1.29 is 0 Å². The summed E-state index contributed by atoms with van der Waals surface area (Å²) in [4.78, 5) is 4.45. The fourth-order valence-corrected chi connectivity index (χ4v) is 3.13. The normalized spacial score (nSPS) is 11.3. The zero-order valence-electron chi connectivity index (χ0n) is 14.3. The monoisotopic (exact) mass is 300 g/mol. The van der Waals surface area contributed by atoms with Gasteiger partial charge >= 0.3 is 0 Å². The van der Waals surface area contributed by atoms with Gasteiger partial charge in [0.15, 0.2) is 0 Å². The molecule has 2 heteroatoms. The van der Waals surface area contributed by atoms with Crippen molar-refractivity contribution in [2.24, 2.45) is 0 Å². The van der Waals surface area contributed by atoms with Crippen LogP contribution in [0.2, 0.25) is 0 Å². The Bertz CT molecular complexity index is 515. The van der Waals surface area contributed by atoms with Crippen LogP contribution < -0.4 is 0 Å². The van der Waals surface area contributed by atoms with Crippen LogP contribution in [-0.2, 0) is 6.54 Å². The van der Waals surface area contributed by atoms with Crippen molar-refractivity contribution in [2.45, 2.75) is 84.1 Å². The topological polar surface area (TPSA) is 17.8 Å². The minimum absolute atomic E-state index is 1.11. The lowest BCUT2D eigenvalue weighted by molar-refractivity contribution is 0.534. The molecule has 22 heavy (non-hydrogen) atoms. The molecule has 0 saturated carbocycles. The average Bonchev–Trinajstić information content (AvgIpc) is 2.96. The minimum Gasteiger partial charge on any atom is -0.331 e. The quantitative estimate of drug-likeness (QED) is 0.418. The van der Waals surface area contributed by atoms with Crippen LogP contribution in [-0.4, -0.2) is 9.55 Å². The standard InChI is InChI=1S/C20H32N2/c1-2-3-4-5-6-7-8-9-10-11-14-17-22-18-21-19-15-12-13-16-20(19)22/h12-13,15-16,18H,2-11,14,17H2,1H3. The highest BCUT2D eigenvalue weighted by Crippen LogP contribution is 2.14. The maximum atomic E-state index is 4.45. The molecule has 0 spiro atoms. The first-order chi connectivity index (χ1) is 10.9. The van der Waals surface area contributed by atoms with E-state index in [1.54, 1.807) is 0 Å². The van der Waals surface area contributed by atoms with Gasteiger partial charge in [0, 0.05) is 6.54 Å². The third-order valence-corrected chi connectivity index (χ3v) is 4.53. The van der Waals surface area contributed by atoms with Crippen LogP contribution in [0.5, 0.6) is 0 Å². The Morgan fingerprint density at radius 1 is 0.773 bits per heavy atom. The van der Waals surface area contributed by atoms with E-state index < -0.39 is 0 Å². The predicted molar refractivity (Wildman–Crippen MR) is 96.2 cm³/mol. The fourth-order valence-electron chi connectivity index (χ4n) is 3.13. The van der Waals surface area contributed by atoms with E-state index in [1.807, 2.05) is 6.33 Å². The molecule has 2 aromatic rings. The molecule has 2 rings (SSSR count). The lowest BCUT2D eigenvalue weighted by atomic mass is 10.1. The van der Waals surface area contributed by atoms with Crippen molar-refractivity contribution in [2.75, 3.05) is 0 Å². The molecule has 0 saturated heterocycles. The number of rotatable bonds is 12. The van der Waals surface area contributed by atoms with Gasteiger partial charge in [-0.25, -0.2) is 4.98 Å². The van der Waals surface area contributed by atoms with Gasteiger partial charge in [0.25, 0.3) is 0 Å². The first kappa shape index (κ1) is 17.1. The molecule has 0 fully saturated rings. The molecule has 0 amide bonds. The van der Waals surface area contributed by atoms with Gasteiger partial charge < -0.3 is 4.57 Å². The molecule has 0 aliphatic heterocycles. The molecule has 0 radical (unpaired) electrons. The SMILES string of the molecule is CCCCCCCCCCCCCn1cnc2ccccc21. The third kappa shape index (κ3) is 5.82. The number of para-hydroxylation sites is 2. The minimum atomic E-state index is 1.11. The zero-order valence-corrected chi connectivity index (χ0v) is 14.3. The number of unbranched alkanes of at least 4 members (excludes halogenated alkanes) is 10. The Morgan fingerprint density at radius 3 is 2.05 bits per heavy atom. The lowest BCUT2D eigenvalue weighted by Crippen LogP contribution is -1.95. The van der Waals surface area contributed by atoms with Crippen LogP contribution in [0, 0.1) is 0 Å². The van der Waals surface area contributed by atoms with E-state index in [4.69, 9.17) is 0 Å². The summed E-state index contributed by atoms with van der Waals surface area (Å²) in [5.74, 6) is 0. The maximum absolute atomic E-state index is 4.45. The molecular formula is C20H32N2. The summed E-state index contributed by atoms with van der Waals surface area (Å²) >= 11 is 0. The van der Waals surface area contributed by atoms with Gasteiger partial charge in [-0.15, -0.1) is 0 Å². The van der Waals surface area contributed by atoms with Crippen molar-refractivity contribution in [1.82, 2.24) is 9.55 Å². The Labute approximate surface area is 135 Å². The van der Waals surface area contributed by atoms with E-state index in [9.17, 15) is 0 Å². The molecule has 0 atom stereocenters. The number of hydrogen-bond acceptors (Lipinski definition) is 1. The number of hydrogen-bond donors (Lipinski definition) is 0. The summed E-state index contributed by atoms with van der Waals surface area (Å²) in [5, 5.41) is 0. The Kier molecular flexibility index (Phi) is 8.08. The van der Waals surface area contributed by atoms with E-state index in [0.717, 1.165) is 12.1 Å². The lowest BCUT2D eigenvalue weighted by Gasteiger charge is -2.05. The molecule has 2 nitrogen and oxygen atoms in total. The van der Waals surface area contributed by atoms with Gasteiger partial charge in [0.1, 0.15) is 0 Å². The van der Waals surface area contributed by atoms with Crippen molar-refractivity contribution in [1.29, 1.82) is 0 Å². The summed E-state index contributed by atoms with van der Waals surface area (Å²) in [6, 6.07) is 8.41. The van der Waals surface area contributed by atoms with Crippen molar-refractivity contribution in [3.8, 4) is 0 Å². The number of nitrogens with zero attached hydrogens (tertiary/aromatic N) is 2. The van der Waals surface area contributed by atoms with E-state index >= 15 is 0 Å². The number of fused-ring (bicyclic) bond motifs is 1. The van der Waals surface area contributed by atoms with Crippen LogP contribution in [0.1, 0.15) is 77.6 Å². The molecule has 1 aromatic heterocycles. The highest BCUT2D eigenvalue weighted by Gasteiger charge is 2.00. The summed E-state index contributed by atoms with van der Waals surface area (Å²) in [6.45, 7) is 3.39. The molecule has 0 aliphatic rings.